The maximum Gasteiger partial charge on any atom is 0.268 e. The Bertz CT molecular complexity index is 1310. The lowest BCUT2D eigenvalue weighted by molar-refractivity contribution is 0.0976. The summed E-state index contributed by atoms with van der Waals surface area (Å²) in [5.41, 5.74) is 3.76. The highest BCUT2D eigenvalue weighted by atomic mass is 35.5. The van der Waals surface area contributed by atoms with Crippen LogP contribution in [0.1, 0.15) is 48.4 Å². The molecule has 38 heavy (non-hydrogen) atoms. The molecule has 0 bridgehead atoms. The quantitative estimate of drug-likeness (QED) is 0.276. The third-order valence-corrected chi connectivity index (χ3v) is 6.30. The first kappa shape index (κ1) is 31.1. The Balaban J connectivity index is 0.00000507. The third kappa shape index (κ3) is 9.02. The normalized spacial score (nSPS) is 12.9. The van der Waals surface area contributed by atoms with Gasteiger partial charge >= 0.3 is 0 Å². The second kappa shape index (κ2) is 13.6. The first-order valence-corrected chi connectivity index (χ1v) is 13.9. The molecule has 2 atom stereocenters. The minimum Gasteiger partial charge on any atom is -0.508 e. The number of nitrogens with one attached hydrogen (secondary N) is 2. The number of carbonyl (C=O) groups excluding carboxylic acids is 1. The van der Waals surface area contributed by atoms with E-state index in [1.807, 2.05) is 49.8 Å². The SMILES string of the molecule is CC(C)Oc1cc(-c2ccc(CCN[C@@H](C)[C@H](O)c3ccc(O)cc3)cc2)ccc1C(=O)NS(C)(=O)=O.Cl. The molecule has 0 unspecified atom stereocenters. The molecule has 3 aromatic rings. The fourth-order valence-electron chi connectivity index (χ4n) is 3.84. The summed E-state index contributed by atoms with van der Waals surface area (Å²) >= 11 is 0. The molecule has 0 spiro atoms. The molecular weight excluding hydrogens is 528 g/mol. The van der Waals surface area contributed by atoms with Crippen LogP contribution in [-0.4, -0.2) is 49.5 Å². The van der Waals surface area contributed by atoms with E-state index in [-0.39, 0.29) is 35.9 Å². The van der Waals surface area contributed by atoms with Gasteiger partial charge in [-0.2, -0.15) is 0 Å². The zero-order valence-corrected chi connectivity index (χ0v) is 23.5. The summed E-state index contributed by atoms with van der Waals surface area (Å²) in [5, 5.41) is 23.3. The summed E-state index contributed by atoms with van der Waals surface area (Å²) < 4.78 is 30.8. The monoisotopic (exact) mass is 562 g/mol. The number of halogens is 1. The van der Waals surface area contributed by atoms with Gasteiger partial charge in [0.1, 0.15) is 11.5 Å². The van der Waals surface area contributed by atoms with Crippen molar-refractivity contribution in [2.45, 2.75) is 45.4 Å². The highest BCUT2D eigenvalue weighted by Gasteiger charge is 2.18. The minimum atomic E-state index is -3.70. The number of carbonyl (C=O) groups is 1. The van der Waals surface area contributed by atoms with Crippen molar-refractivity contribution in [1.29, 1.82) is 0 Å². The third-order valence-electron chi connectivity index (χ3n) is 5.74. The summed E-state index contributed by atoms with van der Waals surface area (Å²) in [7, 11) is -3.70. The van der Waals surface area contributed by atoms with Gasteiger partial charge in [-0.15, -0.1) is 12.4 Å². The first-order valence-electron chi connectivity index (χ1n) is 12.1. The molecule has 0 aliphatic carbocycles. The van der Waals surface area contributed by atoms with Gasteiger partial charge in [0.2, 0.25) is 10.0 Å². The number of aliphatic hydroxyl groups is 1. The van der Waals surface area contributed by atoms with Gasteiger partial charge in [-0.05, 0) is 80.3 Å². The molecule has 1 amide bonds. The van der Waals surface area contributed by atoms with Crippen molar-refractivity contribution in [2.75, 3.05) is 12.8 Å². The number of sulfonamides is 1. The summed E-state index contributed by atoms with van der Waals surface area (Å²) in [6.07, 6.45) is 0.800. The number of hydrogen-bond donors (Lipinski definition) is 4. The number of hydrogen-bond acceptors (Lipinski definition) is 7. The maximum atomic E-state index is 12.4. The number of phenolic OH excluding ortho intramolecular Hbond substituents is 1. The predicted octanol–water partition coefficient (Wildman–Crippen LogP) is 4.21. The van der Waals surface area contributed by atoms with Crippen LogP contribution in [0.5, 0.6) is 11.5 Å². The highest BCUT2D eigenvalue weighted by molar-refractivity contribution is 7.89. The van der Waals surface area contributed by atoms with E-state index in [9.17, 15) is 23.4 Å². The molecule has 206 valence electrons. The second-order valence-electron chi connectivity index (χ2n) is 9.31. The van der Waals surface area contributed by atoms with Crippen LogP contribution in [0.15, 0.2) is 66.7 Å². The van der Waals surface area contributed by atoms with Gasteiger partial charge < -0.3 is 20.3 Å². The number of phenols is 1. The van der Waals surface area contributed by atoms with Crippen molar-refractivity contribution in [2.24, 2.45) is 0 Å². The van der Waals surface area contributed by atoms with Crippen LogP contribution in [0.2, 0.25) is 0 Å². The topological polar surface area (TPSA) is 125 Å². The Hall–Kier alpha value is -3.11. The van der Waals surface area contributed by atoms with Gasteiger partial charge in [-0.1, -0.05) is 42.5 Å². The number of amides is 1. The zero-order chi connectivity index (χ0) is 27.2. The molecule has 10 heteroatoms. The van der Waals surface area contributed by atoms with Crippen LogP contribution >= 0.6 is 12.4 Å². The first-order chi connectivity index (χ1) is 17.4. The van der Waals surface area contributed by atoms with Crippen molar-refractivity contribution >= 4 is 28.3 Å². The van der Waals surface area contributed by atoms with Gasteiger partial charge in [0.25, 0.3) is 5.91 Å². The van der Waals surface area contributed by atoms with Gasteiger partial charge in [0.15, 0.2) is 0 Å². The Kier molecular flexibility index (Phi) is 11.1. The van der Waals surface area contributed by atoms with Gasteiger partial charge in [0, 0.05) is 6.04 Å². The molecule has 0 fully saturated rings. The summed E-state index contributed by atoms with van der Waals surface area (Å²) in [4.78, 5) is 12.4. The van der Waals surface area contributed by atoms with Crippen LogP contribution in [0, 0.1) is 0 Å². The summed E-state index contributed by atoms with van der Waals surface area (Å²) in [5.74, 6) is -0.266. The van der Waals surface area contributed by atoms with E-state index in [0.29, 0.717) is 12.3 Å². The molecule has 0 saturated carbocycles. The maximum absolute atomic E-state index is 12.4. The molecule has 0 heterocycles. The van der Waals surface area contributed by atoms with E-state index in [1.54, 1.807) is 42.5 Å². The molecule has 0 saturated heterocycles. The fraction of sp³-hybridized carbons (Fsp3) is 0.321. The van der Waals surface area contributed by atoms with Crippen LogP contribution in [0.4, 0.5) is 0 Å². The lowest BCUT2D eigenvalue weighted by Crippen LogP contribution is -2.33. The van der Waals surface area contributed by atoms with Crippen molar-refractivity contribution in [3.63, 3.8) is 0 Å². The molecule has 0 aliphatic rings. The minimum absolute atomic E-state index is 0. The van der Waals surface area contributed by atoms with Gasteiger partial charge in [0.05, 0.1) is 24.0 Å². The standard InChI is InChI=1S/C28H34N2O6S.ClH/c1-18(2)36-26-17-23(11-14-25(26)28(33)30-37(4,34)35)21-7-5-20(6-8-21)15-16-29-19(3)27(32)22-9-12-24(31)13-10-22;/h5-14,17-19,27,29,31-32H,15-16H2,1-4H3,(H,30,33);1H/t19-,27-;/m0./s1. The average molecular weight is 563 g/mol. The van der Waals surface area contributed by atoms with E-state index >= 15 is 0 Å². The number of ether oxygens (including phenoxy) is 1. The van der Waals surface area contributed by atoms with Gasteiger partial charge in [-0.25, -0.2) is 13.1 Å². The van der Waals surface area contributed by atoms with E-state index in [1.165, 1.54) is 0 Å². The van der Waals surface area contributed by atoms with Crippen molar-refractivity contribution in [3.8, 4) is 22.6 Å². The van der Waals surface area contributed by atoms with Crippen molar-refractivity contribution in [1.82, 2.24) is 10.0 Å². The molecule has 0 aliphatic heterocycles. The molecule has 0 aromatic heterocycles. The van der Waals surface area contributed by atoms with E-state index in [2.05, 4.69) is 5.32 Å². The van der Waals surface area contributed by atoms with Gasteiger partial charge in [-0.3, -0.25) is 4.79 Å². The Morgan fingerprint density at radius 1 is 0.947 bits per heavy atom. The Morgan fingerprint density at radius 3 is 2.13 bits per heavy atom. The van der Waals surface area contributed by atoms with Crippen LogP contribution in [-0.2, 0) is 16.4 Å². The van der Waals surface area contributed by atoms with E-state index in [4.69, 9.17) is 4.74 Å². The molecular formula is C28H35ClN2O6S. The Morgan fingerprint density at radius 2 is 1.55 bits per heavy atom. The number of rotatable bonds is 11. The van der Waals surface area contributed by atoms with E-state index in [0.717, 1.165) is 34.9 Å². The molecule has 3 aromatic carbocycles. The lowest BCUT2D eigenvalue weighted by Gasteiger charge is -2.21. The van der Waals surface area contributed by atoms with Crippen molar-refractivity contribution in [3.05, 3.63) is 83.4 Å². The average Bonchev–Trinajstić information content (AvgIpc) is 2.83. The smallest absolute Gasteiger partial charge is 0.268 e. The number of benzene rings is 3. The molecule has 0 radical (unpaired) electrons. The van der Waals surface area contributed by atoms with Crippen molar-refractivity contribution < 1.29 is 28.2 Å². The van der Waals surface area contributed by atoms with Crippen LogP contribution in [0.3, 0.4) is 0 Å². The fourth-order valence-corrected chi connectivity index (χ4v) is 4.29. The largest absolute Gasteiger partial charge is 0.508 e. The zero-order valence-electron chi connectivity index (χ0n) is 21.8. The summed E-state index contributed by atoms with van der Waals surface area (Å²) in [6.45, 7) is 6.25. The molecule has 4 N–H and O–H groups in total. The molecule has 3 rings (SSSR count). The number of aliphatic hydroxyl groups excluding tert-OH is 1. The number of aromatic hydroxyl groups is 1. The van der Waals surface area contributed by atoms with Crippen LogP contribution < -0.4 is 14.8 Å². The molecule has 8 nitrogen and oxygen atoms in total. The highest BCUT2D eigenvalue weighted by Crippen LogP contribution is 2.29. The van der Waals surface area contributed by atoms with Crippen LogP contribution in [0.25, 0.3) is 11.1 Å². The summed E-state index contributed by atoms with van der Waals surface area (Å²) in [6, 6.07) is 19.4. The lowest BCUT2D eigenvalue weighted by atomic mass is 10.0. The Labute approximate surface area is 230 Å². The van der Waals surface area contributed by atoms with E-state index < -0.39 is 22.0 Å². The second-order valence-corrected chi connectivity index (χ2v) is 11.1. The predicted molar refractivity (Wildman–Crippen MR) is 151 cm³/mol.